The average Bonchev–Trinajstić information content (AvgIpc) is 2.64. The molecule has 1 atom stereocenters. The molecule has 1 amide bonds. The molecule has 0 saturated carbocycles. The van der Waals surface area contributed by atoms with Crippen LogP contribution in [-0.4, -0.2) is 49.3 Å². The summed E-state index contributed by atoms with van der Waals surface area (Å²) in [6.45, 7) is 3.15. The van der Waals surface area contributed by atoms with E-state index < -0.39 is 0 Å². The molecule has 2 N–H and O–H groups in total. The van der Waals surface area contributed by atoms with Crippen molar-refractivity contribution in [1.82, 2.24) is 4.90 Å². The minimum Gasteiger partial charge on any atom is -0.381 e. The van der Waals surface area contributed by atoms with Crippen molar-refractivity contribution in [2.75, 3.05) is 26.3 Å². The summed E-state index contributed by atoms with van der Waals surface area (Å²) in [5.41, 5.74) is 7.19. The lowest BCUT2D eigenvalue weighted by Crippen LogP contribution is -2.43. The second kappa shape index (κ2) is 8.60. The van der Waals surface area contributed by atoms with E-state index in [-0.39, 0.29) is 18.1 Å². The Hall–Kier alpha value is -1.43. The fraction of sp³-hybridized carbons (Fsp3) is 0.632. The molecular weight excluding hydrogens is 304 g/mol. The molecule has 24 heavy (non-hydrogen) atoms. The number of carbonyl (C=O) groups is 1. The standard InChI is InChI=1S/C19H28N2O3/c20-18(15-4-2-1-3-5-15)14-19(22)21-10-6-16(7-11-21)24-17-8-12-23-13-9-17/h1-5,16-18H,6-14,20H2/t18-/m0/s1. The monoisotopic (exact) mass is 332 g/mol. The van der Waals surface area contributed by atoms with Crippen LogP contribution in [0.5, 0.6) is 0 Å². The maximum Gasteiger partial charge on any atom is 0.224 e. The minimum absolute atomic E-state index is 0.149. The molecule has 0 unspecified atom stereocenters. The number of rotatable bonds is 5. The van der Waals surface area contributed by atoms with Gasteiger partial charge in [-0.15, -0.1) is 0 Å². The molecule has 1 aromatic carbocycles. The summed E-state index contributed by atoms with van der Waals surface area (Å²) in [6.07, 6.45) is 4.80. The third-order valence-electron chi connectivity index (χ3n) is 4.97. The van der Waals surface area contributed by atoms with Gasteiger partial charge in [0, 0.05) is 38.8 Å². The number of nitrogens with two attached hydrogens (primary N) is 1. The molecule has 0 radical (unpaired) electrons. The van der Waals surface area contributed by atoms with Crippen molar-refractivity contribution in [3.05, 3.63) is 35.9 Å². The molecule has 0 aliphatic carbocycles. The molecule has 0 aromatic heterocycles. The lowest BCUT2D eigenvalue weighted by molar-refractivity contribution is -0.136. The topological polar surface area (TPSA) is 64.8 Å². The molecule has 2 aliphatic rings. The van der Waals surface area contributed by atoms with Gasteiger partial charge in [-0.05, 0) is 31.2 Å². The zero-order valence-corrected chi connectivity index (χ0v) is 14.2. The molecule has 0 bridgehead atoms. The minimum atomic E-state index is -0.227. The highest BCUT2D eigenvalue weighted by Crippen LogP contribution is 2.22. The van der Waals surface area contributed by atoms with E-state index in [1.165, 1.54) is 0 Å². The maximum absolute atomic E-state index is 12.5. The Morgan fingerprint density at radius 3 is 2.42 bits per heavy atom. The van der Waals surface area contributed by atoms with Crippen LogP contribution in [0.1, 0.15) is 43.7 Å². The van der Waals surface area contributed by atoms with E-state index in [0.717, 1.165) is 57.6 Å². The van der Waals surface area contributed by atoms with Gasteiger partial charge in [-0.25, -0.2) is 0 Å². The first-order chi connectivity index (χ1) is 11.7. The summed E-state index contributed by atoms with van der Waals surface area (Å²) in [7, 11) is 0. The van der Waals surface area contributed by atoms with Gasteiger partial charge < -0.3 is 20.1 Å². The Labute approximate surface area is 144 Å². The molecule has 2 aliphatic heterocycles. The van der Waals surface area contributed by atoms with Crippen molar-refractivity contribution < 1.29 is 14.3 Å². The summed E-state index contributed by atoms with van der Waals surface area (Å²) in [5.74, 6) is 0.149. The highest BCUT2D eigenvalue weighted by atomic mass is 16.5. The molecule has 1 aromatic rings. The Morgan fingerprint density at radius 1 is 1.12 bits per heavy atom. The predicted molar refractivity (Wildman–Crippen MR) is 92.5 cm³/mol. The first-order valence-electron chi connectivity index (χ1n) is 9.04. The van der Waals surface area contributed by atoms with Gasteiger partial charge in [-0.2, -0.15) is 0 Å². The van der Waals surface area contributed by atoms with Crippen LogP contribution in [0.2, 0.25) is 0 Å². The van der Waals surface area contributed by atoms with Gasteiger partial charge in [0.25, 0.3) is 0 Å². The maximum atomic E-state index is 12.5. The molecule has 0 spiro atoms. The molecular formula is C19H28N2O3. The average molecular weight is 332 g/mol. The number of benzene rings is 1. The van der Waals surface area contributed by atoms with Crippen LogP contribution in [0, 0.1) is 0 Å². The molecule has 5 heteroatoms. The zero-order valence-electron chi connectivity index (χ0n) is 14.2. The normalized spacial score (nSPS) is 21.6. The van der Waals surface area contributed by atoms with Crippen molar-refractivity contribution >= 4 is 5.91 Å². The van der Waals surface area contributed by atoms with E-state index in [4.69, 9.17) is 15.2 Å². The number of hydrogen-bond donors (Lipinski definition) is 1. The van der Waals surface area contributed by atoms with Gasteiger partial charge in [0.2, 0.25) is 5.91 Å². The second-order valence-corrected chi connectivity index (χ2v) is 6.75. The fourth-order valence-corrected chi connectivity index (χ4v) is 3.46. The predicted octanol–water partition coefficient (Wildman–Crippen LogP) is 2.26. The zero-order chi connectivity index (χ0) is 16.8. The van der Waals surface area contributed by atoms with Gasteiger partial charge in [0.15, 0.2) is 0 Å². The van der Waals surface area contributed by atoms with Crippen LogP contribution in [0.3, 0.4) is 0 Å². The van der Waals surface area contributed by atoms with Crippen LogP contribution in [-0.2, 0) is 14.3 Å². The van der Waals surface area contributed by atoms with Crippen molar-refractivity contribution in [3.8, 4) is 0 Å². The SMILES string of the molecule is N[C@@H](CC(=O)N1CCC(OC2CCOCC2)CC1)c1ccccc1. The summed E-state index contributed by atoms with van der Waals surface area (Å²) in [4.78, 5) is 14.4. The van der Waals surface area contributed by atoms with Crippen LogP contribution in [0.25, 0.3) is 0 Å². The van der Waals surface area contributed by atoms with Gasteiger partial charge in [0.1, 0.15) is 0 Å². The Morgan fingerprint density at radius 2 is 1.75 bits per heavy atom. The fourth-order valence-electron chi connectivity index (χ4n) is 3.46. The summed E-state index contributed by atoms with van der Waals surface area (Å²) in [6, 6.07) is 9.60. The molecule has 3 rings (SSSR count). The van der Waals surface area contributed by atoms with Crippen molar-refractivity contribution in [2.24, 2.45) is 5.73 Å². The van der Waals surface area contributed by atoms with E-state index in [2.05, 4.69) is 0 Å². The van der Waals surface area contributed by atoms with Gasteiger partial charge in [-0.1, -0.05) is 30.3 Å². The Bertz CT molecular complexity index is 509. The van der Waals surface area contributed by atoms with Crippen LogP contribution in [0.4, 0.5) is 0 Å². The summed E-state index contributed by atoms with van der Waals surface area (Å²) >= 11 is 0. The highest BCUT2D eigenvalue weighted by Gasteiger charge is 2.27. The third kappa shape index (κ3) is 4.79. The summed E-state index contributed by atoms with van der Waals surface area (Å²) < 4.78 is 11.5. The largest absolute Gasteiger partial charge is 0.381 e. The third-order valence-corrected chi connectivity index (χ3v) is 4.97. The first kappa shape index (κ1) is 17.4. The van der Waals surface area contributed by atoms with E-state index in [0.29, 0.717) is 12.5 Å². The number of hydrogen-bond acceptors (Lipinski definition) is 4. The Kier molecular flexibility index (Phi) is 6.24. The van der Waals surface area contributed by atoms with Crippen LogP contribution < -0.4 is 5.73 Å². The van der Waals surface area contributed by atoms with Crippen LogP contribution >= 0.6 is 0 Å². The number of ether oxygens (including phenoxy) is 2. The van der Waals surface area contributed by atoms with E-state index in [1.807, 2.05) is 35.2 Å². The molecule has 2 saturated heterocycles. The Balaban J connectivity index is 1.41. The number of amides is 1. The lowest BCUT2D eigenvalue weighted by atomic mass is 10.0. The number of piperidine rings is 1. The molecule has 5 nitrogen and oxygen atoms in total. The summed E-state index contributed by atoms with van der Waals surface area (Å²) in [5, 5.41) is 0. The smallest absolute Gasteiger partial charge is 0.224 e. The first-order valence-corrected chi connectivity index (χ1v) is 9.04. The second-order valence-electron chi connectivity index (χ2n) is 6.75. The van der Waals surface area contributed by atoms with E-state index in [9.17, 15) is 4.79 Å². The molecule has 2 heterocycles. The molecule has 132 valence electrons. The highest BCUT2D eigenvalue weighted by molar-refractivity contribution is 5.77. The van der Waals surface area contributed by atoms with Crippen molar-refractivity contribution in [2.45, 2.75) is 50.4 Å². The lowest BCUT2D eigenvalue weighted by Gasteiger charge is -2.35. The number of carbonyl (C=O) groups excluding carboxylic acids is 1. The van der Waals surface area contributed by atoms with Gasteiger partial charge in [0.05, 0.1) is 12.2 Å². The van der Waals surface area contributed by atoms with E-state index >= 15 is 0 Å². The molecule has 2 fully saturated rings. The number of nitrogens with zero attached hydrogens (tertiary/aromatic N) is 1. The number of likely N-dealkylation sites (tertiary alicyclic amines) is 1. The van der Waals surface area contributed by atoms with Crippen molar-refractivity contribution in [3.63, 3.8) is 0 Å². The van der Waals surface area contributed by atoms with Gasteiger partial charge >= 0.3 is 0 Å². The van der Waals surface area contributed by atoms with Crippen LogP contribution in [0.15, 0.2) is 30.3 Å². The van der Waals surface area contributed by atoms with Gasteiger partial charge in [-0.3, -0.25) is 4.79 Å². The quantitative estimate of drug-likeness (QED) is 0.898. The van der Waals surface area contributed by atoms with E-state index in [1.54, 1.807) is 0 Å². The van der Waals surface area contributed by atoms with Crippen molar-refractivity contribution in [1.29, 1.82) is 0 Å².